The number of rotatable bonds is 2. The average Bonchev–Trinajstić information content (AvgIpc) is 3.25. The molecule has 2 aromatic carbocycles. The highest BCUT2D eigenvalue weighted by atomic mass is 19.1. The highest BCUT2D eigenvalue weighted by molar-refractivity contribution is 5.83. The number of pyridine rings is 1. The van der Waals surface area contributed by atoms with Crippen LogP contribution in [-0.4, -0.2) is 24.5 Å². The van der Waals surface area contributed by atoms with Gasteiger partial charge in [0.1, 0.15) is 17.7 Å². The Morgan fingerprint density at radius 3 is 2.58 bits per heavy atom. The molecule has 3 N–H and O–H groups in total. The number of anilines is 1. The number of H-pyrrole nitrogens is 1. The van der Waals surface area contributed by atoms with Gasteiger partial charge in [-0.05, 0) is 43.0 Å². The minimum absolute atomic E-state index is 0.148. The second kappa shape index (κ2) is 8.35. The normalized spacial score (nSPS) is 10.8. The van der Waals surface area contributed by atoms with Gasteiger partial charge in [-0.3, -0.25) is 9.36 Å². The van der Waals surface area contributed by atoms with Crippen molar-refractivity contribution in [3.05, 3.63) is 88.6 Å². The van der Waals surface area contributed by atoms with Gasteiger partial charge < -0.3 is 10.7 Å². The molecule has 7 nitrogen and oxygen atoms in total. The van der Waals surface area contributed by atoms with E-state index in [1.54, 1.807) is 16.7 Å². The summed E-state index contributed by atoms with van der Waals surface area (Å²) < 4.78 is 15.6. The number of aryl methyl sites for hydroxylation is 2. The number of hydrogen-bond donors (Lipinski definition) is 2. The number of benzene rings is 2. The molecule has 0 saturated heterocycles. The molecule has 5 aromatic rings. The Labute approximate surface area is 177 Å². The van der Waals surface area contributed by atoms with Crippen LogP contribution in [0.25, 0.3) is 27.6 Å². The van der Waals surface area contributed by atoms with Crippen molar-refractivity contribution < 1.29 is 4.39 Å². The van der Waals surface area contributed by atoms with Crippen LogP contribution >= 0.6 is 0 Å². The fraction of sp³-hybridized carbons (Fsp3) is 0.130. The Morgan fingerprint density at radius 1 is 1.10 bits per heavy atom. The number of aromatic nitrogens is 5. The minimum atomic E-state index is -0.471. The van der Waals surface area contributed by atoms with Gasteiger partial charge in [-0.15, -0.1) is 0 Å². The summed E-state index contributed by atoms with van der Waals surface area (Å²) in [4.78, 5) is 27.1. The van der Waals surface area contributed by atoms with Crippen LogP contribution in [0.4, 0.5) is 10.2 Å². The molecular weight excluding hydrogens is 395 g/mol. The molecule has 3 heterocycles. The third kappa shape index (κ3) is 3.87. The zero-order valence-corrected chi connectivity index (χ0v) is 17.1. The summed E-state index contributed by atoms with van der Waals surface area (Å²) in [7, 11) is 0. The highest BCUT2D eigenvalue weighted by Crippen LogP contribution is 2.19. The van der Waals surface area contributed by atoms with E-state index < -0.39 is 5.82 Å². The van der Waals surface area contributed by atoms with Gasteiger partial charge in [0.2, 0.25) is 0 Å². The first kappa shape index (κ1) is 20.2. The summed E-state index contributed by atoms with van der Waals surface area (Å²) in [6, 6.07) is 14.3. The van der Waals surface area contributed by atoms with E-state index in [0.717, 1.165) is 16.9 Å². The van der Waals surface area contributed by atoms with Crippen LogP contribution in [0.5, 0.6) is 0 Å². The number of nitrogens with one attached hydrogen (secondary N) is 1. The molecular formula is C23H21FN6O. The fourth-order valence-corrected chi connectivity index (χ4v) is 3.39. The Hall–Kier alpha value is -4.07. The zero-order chi connectivity index (χ0) is 22.0. The molecule has 0 radical (unpaired) electrons. The summed E-state index contributed by atoms with van der Waals surface area (Å²) in [5.41, 5.74) is 9.25. The van der Waals surface area contributed by atoms with E-state index in [-0.39, 0.29) is 10.9 Å². The molecule has 0 atom stereocenters. The van der Waals surface area contributed by atoms with Gasteiger partial charge >= 0.3 is 0 Å². The van der Waals surface area contributed by atoms with Crippen LogP contribution in [0.2, 0.25) is 0 Å². The third-order valence-electron chi connectivity index (χ3n) is 4.98. The monoisotopic (exact) mass is 416 g/mol. The number of hydrogen-bond acceptors (Lipinski definition) is 5. The molecule has 0 saturated carbocycles. The van der Waals surface area contributed by atoms with E-state index in [0.29, 0.717) is 28.8 Å². The smallest absolute Gasteiger partial charge is 0.266 e. The van der Waals surface area contributed by atoms with Crippen molar-refractivity contribution in [3.8, 4) is 5.69 Å². The van der Waals surface area contributed by atoms with E-state index in [4.69, 9.17) is 5.73 Å². The first-order chi connectivity index (χ1) is 15.0. The van der Waals surface area contributed by atoms with Crippen molar-refractivity contribution >= 4 is 27.8 Å². The second-order valence-electron chi connectivity index (χ2n) is 7.03. The molecule has 0 unspecified atom stereocenters. The predicted octanol–water partition coefficient (Wildman–Crippen LogP) is 3.94. The maximum absolute atomic E-state index is 14.0. The summed E-state index contributed by atoms with van der Waals surface area (Å²) in [6.45, 7) is 3.98. The standard InChI is InChI=1S/C18H16FNO.C5H5N5/c1-3-14-11-13-5-4-6-16(19)17(13)18(21)20(14)15-9-7-12(2)8-10-15;6-4-3-5(9-1-7-3)10-2-8-4/h4-11H,3H2,1-2H3;1-2H,(H3,6,7,8,9,10). The van der Waals surface area contributed by atoms with Crippen molar-refractivity contribution in [2.75, 3.05) is 5.73 Å². The quantitative estimate of drug-likeness (QED) is 0.454. The predicted molar refractivity (Wildman–Crippen MR) is 120 cm³/mol. The molecule has 0 aliphatic rings. The number of aromatic amines is 1. The summed E-state index contributed by atoms with van der Waals surface area (Å²) >= 11 is 0. The molecule has 0 bridgehead atoms. The van der Waals surface area contributed by atoms with Gasteiger partial charge in [-0.2, -0.15) is 0 Å². The second-order valence-corrected chi connectivity index (χ2v) is 7.03. The first-order valence-electron chi connectivity index (χ1n) is 9.79. The van der Waals surface area contributed by atoms with E-state index in [9.17, 15) is 9.18 Å². The number of nitrogen functional groups attached to an aromatic ring is 1. The molecule has 3 aromatic heterocycles. The number of nitrogens with zero attached hydrogens (tertiary/aromatic N) is 4. The fourth-order valence-electron chi connectivity index (χ4n) is 3.39. The van der Waals surface area contributed by atoms with Crippen LogP contribution < -0.4 is 11.3 Å². The van der Waals surface area contributed by atoms with E-state index >= 15 is 0 Å². The van der Waals surface area contributed by atoms with Crippen LogP contribution in [0.3, 0.4) is 0 Å². The molecule has 5 rings (SSSR count). The lowest BCUT2D eigenvalue weighted by molar-refractivity contribution is 0.637. The Kier molecular flexibility index (Phi) is 5.44. The van der Waals surface area contributed by atoms with Crippen molar-refractivity contribution in [2.24, 2.45) is 0 Å². The van der Waals surface area contributed by atoms with Crippen LogP contribution in [0.15, 0.2) is 66.0 Å². The Morgan fingerprint density at radius 2 is 1.87 bits per heavy atom. The molecule has 0 spiro atoms. The van der Waals surface area contributed by atoms with E-state index in [2.05, 4.69) is 19.9 Å². The summed E-state index contributed by atoms with van der Waals surface area (Å²) in [5.74, 6) is -0.0384. The lowest BCUT2D eigenvalue weighted by Crippen LogP contribution is -2.22. The van der Waals surface area contributed by atoms with Crippen molar-refractivity contribution in [1.82, 2.24) is 24.5 Å². The maximum atomic E-state index is 14.0. The number of imidazole rings is 1. The van der Waals surface area contributed by atoms with Gasteiger partial charge in [-0.25, -0.2) is 19.3 Å². The number of nitrogens with two attached hydrogens (primary N) is 1. The molecule has 156 valence electrons. The van der Waals surface area contributed by atoms with Crippen molar-refractivity contribution in [1.29, 1.82) is 0 Å². The molecule has 0 aliphatic carbocycles. The number of fused-ring (bicyclic) bond motifs is 2. The third-order valence-corrected chi connectivity index (χ3v) is 4.98. The highest BCUT2D eigenvalue weighted by Gasteiger charge is 2.12. The average molecular weight is 416 g/mol. The lowest BCUT2D eigenvalue weighted by Gasteiger charge is -2.14. The number of halogens is 1. The Balaban J connectivity index is 0.000000192. The Bertz CT molecular complexity index is 1420. The maximum Gasteiger partial charge on any atom is 0.266 e. The van der Waals surface area contributed by atoms with Crippen molar-refractivity contribution in [3.63, 3.8) is 0 Å². The molecule has 8 heteroatoms. The minimum Gasteiger partial charge on any atom is -0.382 e. The largest absolute Gasteiger partial charge is 0.382 e. The van der Waals surface area contributed by atoms with Gasteiger partial charge in [0, 0.05) is 11.4 Å². The molecule has 0 fully saturated rings. The zero-order valence-electron chi connectivity index (χ0n) is 17.1. The van der Waals surface area contributed by atoms with Crippen LogP contribution in [0, 0.1) is 12.7 Å². The van der Waals surface area contributed by atoms with Crippen molar-refractivity contribution in [2.45, 2.75) is 20.3 Å². The van der Waals surface area contributed by atoms with Gasteiger partial charge in [0.05, 0.1) is 11.7 Å². The SMILES string of the molecule is CCc1cc2cccc(F)c2c(=O)n1-c1ccc(C)cc1.Nc1ncnc2nc[nH]c12. The van der Waals surface area contributed by atoms with Gasteiger partial charge in [0.15, 0.2) is 11.5 Å². The molecule has 31 heavy (non-hydrogen) atoms. The summed E-state index contributed by atoms with van der Waals surface area (Å²) in [6.07, 6.45) is 3.63. The summed E-state index contributed by atoms with van der Waals surface area (Å²) in [5, 5.41) is 0.801. The topological polar surface area (TPSA) is 102 Å². The van der Waals surface area contributed by atoms with E-state index in [1.165, 1.54) is 18.7 Å². The van der Waals surface area contributed by atoms with Crippen LogP contribution in [-0.2, 0) is 6.42 Å². The molecule has 0 amide bonds. The lowest BCUT2D eigenvalue weighted by atomic mass is 10.1. The van der Waals surface area contributed by atoms with E-state index in [1.807, 2.05) is 44.2 Å². The van der Waals surface area contributed by atoms with Gasteiger partial charge in [-0.1, -0.05) is 36.8 Å². The van der Waals surface area contributed by atoms with Gasteiger partial charge in [0.25, 0.3) is 5.56 Å². The molecule has 0 aliphatic heterocycles. The van der Waals surface area contributed by atoms with Crippen LogP contribution in [0.1, 0.15) is 18.2 Å². The first-order valence-corrected chi connectivity index (χ1v) is 9.79.